The molecule has 2 amide bonds. The monoisotopic (exact) mass is 369 g/mol. The van der Waals surface area contributed by atoms with Crippen LogP contribution in [0.15, 0.2) is 36.4 Å². The minimum atomic E-state index is -4.59. The molecule has 0 bridgehead atoms. The molecule has 2 rings (SSSR count). The van der Waals surface area contributed by atoms with Crippen molar-refractivity contribution in [1.29, 1.82) is 0 Å². The average Bonchev–Trinajstić information content (AvgIpc) is 2.60. The van der Waals surface area contributed by atoms with Gasteiger partial charge in [-0.2, -0.15) is 13.2 Å². The lowest BCUT2D eigenvalue weighted by atomic mass is 10.1. The molecule has 0 aliphatic rings. The maximum Gasteiger partial charge on any atom is 0.433 e. The van der Waals surface area contributed by atoms with Gasteiger partial charge in [0, 0.05) is 5.56 Å². The van der Waals surface area contributed by atoms with E-state index in [0.717, 1.165) is 6.07 Å². The number of halogens is 3. The van der Waals surface area contributed by atoms with Gasteiger partial charge in [-0.25, -0.2) is 9.78 Å². The second kappa shape index (κ2) is 7.94. The van der Waals surface area contributed by atoms with E-state index >= 15 is 0 Å². The summed E-state index contributed by atoms with van der Waals surface area (Å²) in [6.45, 7) is 1.70. The topological polar surface area (TPSA) is 72.5 Å². The molecule has 1 aromatic heterocycles. The van der Waals surface area contributed by atoms with Gasteiger partial charge >= 0.3 is 12.2 Å². The molecule has 140 valence electrons. The Kier molecular flexibility index (Phi) is 5.91. The van der Waals surface area contributed by atoms with E-state index in [9.17, 15) is 18.0 Å². The second-order valence-electron chi connectivity index (χ2n) is 5.33. The molecule has 1 atom stereocenters. The molecule has 6 nitrogen and oxygen atoms in total. The highest BCUT2D eigenvalue weighted by Gasteiger charge is 2.32. The predicted molar refractivity (Wildman–Crippen MR) is 89.4 cm³/mol. The van der Waals surface area contributed by atoms with Crippen molar-refractivity contribution in [2.45, 2.75) is 19.1 Å². The number of carbonyl (C=O) groups is 1. The molecule has 0 radical (unpaired) electrons. The maximum absolute atomic E-state index is 12.7. The molecule has 0 saturated heterocycles. The third-order valence-electron chi connectivity index (χ3n) is 3.53. The zero-order valence-electron chi connectivity index (χ0n) is 14.3. The first-order chi connectivity index (χ1) is 12.2. The van der Waals surface area contributed by atoms with Crippen LogP contribution in [0.5, 0.6) is 11.5 Å². The molecule has 0 aliphatic carbocycles. The molecular formula is C17H18F3N3O3. The number of pyridine rings is 1. The third-order valence-corrected chi connectivity index (χ3v) is 3.53. The molecule has 2 N–H and O–H groups in total. The minimum Gasteiger partial charge on any atom is -0.497 e. The standard InChI is InChI=1S/C17H18F3N3O3/c1-10(12-9-11(25-2)7-8-13(12)26-3)21-16(24)23-15-6-4-5-14(22-15)17(18,19)20/h4-10H,1-3H3,(H2,21,22,23,24)/t10-/m1/s1. The summed E-state index contributed by atoms with van der Waals surface area (Å²) in [5.74, 6) is 0.910. The molecule has 0 saturated carbocycles. The van der Waals surface area contributed by atoms with E-state index in [2.05, 4.69) is 15.6 Å². The third kappa shape index (κ3) is 4.78. The van der Waals surface area contributed by atoms with E-state index < -0.39 is 23.9 Å². The lowest BCUT2D eigenvalue weighted by Gasteiger charge is -2.18. The van der Waals surface area contributed by atoms with Crippen molar-refractivity contribution in [3.8, 4) is 11.5 Å². The Morgan fingerprint density at radius 3 is 2.50 bits per heavy atom. The Hall–Kier alpha value is -2.97. The van der Waals surface area contributed by atoms with Gasteiger partial charge in [0.15, 0.2) is 0 Å². The van der Waals surface area contributed by atoms with E-state index in [1.165, 1.54) is 26.4 Å². The first kappa shape index (κ1) is 19.4. The number of aromatic nitrogens is 1. The van der Waals surface area contributed by atoms with Gasteiger partial charge in [0.2, 0.25) is 0 Å². The van der Waals surface area contributed by atoms with Crippen molar-refractivity contribution in [2.75, 3.05) is 19.5 Å². The summed E-state index contributed by atoms with van der Waals surface area (Å²) in [5.41, 5.74) is -0.434. The predicted octanol–water partition coefficient (Wildman–Crippen LogP) is 4.00. The number of nitrogens with zero attached hydrogens (tertiary/aromatic N) is 1. The van der Waals surface area contributed by atoms with E-state index in [1.807, 2.05) is 0 Å². The van der Waals surface area contributed by atoms with E-state index in [4.69, 9.17) is 9.47 Å². The van der Waals surface area contributed by atoms with Gasteiger partial charge in [-0.3, -0.25) is 5.32 Å². The SMILES string of the molecule is COc1ccc(OC)c([C@@H](C)NC(=O)Nc2cccc(C(F)(F)F)n2)c1. The molecule has 1 aromatic carbocycles. The van der Waals surface area contributed by atoms with Gasteiger partial charge in [-0.05, 0) is 37.3 Å². The lowest BCUT2D eigenvalue weighted by Crippen LogP contribution is -2.31. The van der Waals surface area contributed by atoms with Gasteiger partial charge in [0.25, 0.3) is 0 Å². The second-order valence-corrected chi connectivity index (χ2v) is 5.33. The summed E-state index contributed by atoms with van der Waals surface area (Å²) in [5, 5.41) is 4.91. The van der Waals surface area contributed by atoms with Gasteiger partial charge in [0.1, 0.15) is 23.0 Å². The van der Waals surface area contributed by atoms with Crippen LogP contribution in [0.1, 0.15) is 24.2 Å². The fourth-order valence-electron chi connectivity index (χ4n) is 2.27. The number of ether oxygens (including phenoxy) is 2. The number of rotatable bonds is 5. The smallest absolute Gasteiger partial charge is 0.433 e. The molecule has 2 aromatic rings. The van der Waals surface area contributed by atoms with Crippen LogP contribution in [0.2, 0.25) is 0 Å². The van der Waals surface area contributed by atoms with Gasteiger partial charge in [-0.1, -0.05) is 6.07 Å². The molecule has 1 heterocycles. The fourth-order valence-corrected chi connectivity index (χ4v) is 2.27. The molecule has 0 unspecified atom stereocenters. The number of hydrogen-bond acceptors (Lipinski definition) is 4. The van der Waals surface area contributed by atoms with Crippen molar-refractivity contribution in [2.24, 2.45) is 0 Å². The van der Waals surface area contributed by atoms with Crippen LogP contribution in [0, 0.1) is 0 Å². The summed E-state index contributed by atoms with van der Waals surface area (Å²) in [4.78, 5) is 15.5. The number of amides is 2. The number of benzene rings is 1. The number of urea groups is 1. The van der Waals surface area contributed by atoms with Crippen molar-refractivity contribution in [3.05, 3.63) is 47.7 Å². The summed E-state index contributed by atoms with van der Waals surface area (Å²) in [7, 11) is 3.00. The zero-order valence-corrected chi connectivity index (χ0v) is 14.3. The molecular weight excluding hydrogens is 351 g/mol. The molecule has 0 spiro atoms. The van der Waals surface area contributed by atoms with Crippen LogP contribution in [0.25, 0.3) is 0 Å². The van der Waals surface area contributed by atoms with E-state index in [0.29, 0.717) is 17.1 Å². The summed E-state index contributed by atoms with van der Waals surface area (Å²) in [6.07, 6.45) is -4.59. The Morgan fingerprint density at radius 1 is 1.15 bits per heavy atom. The number of hydrogen-bond donors (Lipinski definition) is 2. The summed E-state index contributed by atoms with van der Waals surface area (Å²) >= 11 is 0. The Labute approximate surface area is 148 Å². The average molecular weight is 369 g/mol. The molecule has 9 heteroatoms. The van der Waals surface area contributed by atoms with Crippen LogP contribution in [0.4, 0.5) is 23.8 Å². The van der Waals surface area contributed by atoms with E-state index in [-0.39, 0.29) is 5.82 Å². The fraction of sp³-hybridized carbons (Fsp3) is 0.294. The van der Waals surface area contributed by atoms with Crippen molar-refractivity contribution < 1.29 is 27.4 Å². The highest BCUT2D eigenvalue weighted by atomic mass is 19.4. The number of nitrogens with one attached hydrogen (secondary N) is 2. The maximum atomic E-state index is 12.7. The molecule has 26 heavy (non-hydrogen) atoms. The summed E-state index contributed by atoms with van der Waals surface area (Å²) in [6, 6.07) is 7.17. The number of anilines is 1. The van der Waals surface area contributed by atoms with Crippen molar-refractivity contribution in [3.63, 3.8) is 0 Å². The Morgan fingerprint density at radius 2 is 1.88 bits per heavy atom. The highest BCUT2D eigenvalue weighted by molar-refractivity contribution is 5.88. The Balaban J connectivity index is 2.11. The number of alkyl halides is 3. The molecule has 0 fully saturated rings. The zero-order chi connectivity index (χ0) is 19.3. The van der Waals surface area contributed by atoms with Crippen LogP contribution in [0.3, 0.4) is 0 Å². The van der Waals surface area contributed by atoms with Crippen molar-refractivity contribution >= 4 is 11.8 Å². The van der Waals surface area contributed by atoms with Gasteiger partial charge in [0.05, 0.1) is 20.3 Å². The largest absolute Gasteiger partial charge is 0.497 e. The lowest BCUT2D eigenvalue weighted by molar-refractivity contribution is -0.141. The first-order valence-corrected chi connectivity index (χ1v) is 7.58. The van der Waals surface area contributed by atoms with Gasteiger partial charge < -0.3 is 14.8 Å². The van der Waals surface area contributed by atoms with Gasteiger partial charge in [-0.15, -0.1) is 0 Å². The first-order valence-electron chi connectivity index (χ1n) is 7.58. The quantitative estimate of drug-likeness (QED) is 0.836. The Bertz CT molecular complexity index is 781. The minimum absolute atomic E-state index is 0.206. The van der Waals surface area contributed by atoms with Crippen molar-refractivity contribution in [1.82, 2.24) is 10.3 Å². The van der Waals surface area contributed by atoms with E-state index in [1.54, 1.807) is 25.1 Å². The summed E-state index contributed by atoms with van der Waals surface area (Å²) < 4.78 is 48.4. The number of methoxy groups -OCH3 is 2. The van der Waals surface area contributed by atoms with Crippen LogP contribution in [-0.4, -0.2) is 25.2 Å². The molecule has 0 aliphatic heterocycles. The normalized spacial score (nSPS) is 12.2. The van der Waals surface area contributed by atoms with Crippen LogP contribution in [-0.2, 0) is 6.18 Å². The number of carbonyl (C=O) groups excluding carboxylic acids is 1. The van der Waals surface area contributed by atoms with Crippen LogP contribution < -0.4 is 20.1 Å². The van der Waals surface area contributed by atoms with Crippen LogP contribution >= 0.6 is 0 Å². The highest BCUT2D eigenvalue weighted by Crippen LogP contribution is 2.30.